The number of benzene rings is 1. The Hall–Kier alpha value is -1.79. The molecular formula is C13H11BrN4O. The number of halogens is 1. The van der Waals surface area contributed by atoms with Gasteiger partial charge in [0.1, 0.15) is 5.82 Å². The number of aromatic nitrogens is 3. The highest BCUT2D eigenvalue weighted by Crippen LogP contribution is 2.23. The van der Waals surface area contributed by atoms with Crippen molar-refractivity contribution in [3.05, 3.63) is 44.9 Å². The molecule has 2 aromatic heterocycles. The van der Waals surface area contributed by atoms with Crippen molar-refractivity contribution < 1.29 is 0 Å². The molecule has 0 spiro atoms. The van der Waals surface area contributed by atoms with E-state index < -0.39 is 0 Å². The number of aromatic amines is 1. The van der Waals surface area contributed by atoms with E-state index in [9.17, 15) is 4.79 Å². The average molecular weight is 319 g/mol. The van der Waals surface area contributed by atoms with Crippen molar-refractivity contribution in [1.82, 2.24) is 20.3 Å². The molecule has 96 valence electrons. The summed E-state index contributed by atoms with van der Waals surface area (Å²) >= 11 is 3.46. The first-order valence-corrected chi connectivity index (χ1v) is 6.61. The maximum absolute atomic E-state index is 12.0. The van der Waals surface area contributed by atoms with Crippen LogP contribution in [0.25, 0.3) is 21.9 Å². The zero-order chi connectivity index (χ0) is 13.4. The second-order valence-corrected chi connectivity index (χ2v) is 5.07. The minimum Gasteiger partial charge on any atom is -0.313 e. The lowest BCUT2D eigenvalue weighted by atomic mass is 10.2. The standard InChI is InChI=1S/C13H11BrN4O/c1-15-6-10-16-12-8(13(19)17-10)5-7-3-2-4-9(14)11(7)18-12/h2-5,15H,6H2,1H3,(H,16,17,18,19). The molecule has 0 saturated heterocycles. The highest BCUT2D eigenvalue weighted by Gasteiger charge is 2.08. The van der Waals surface area contributed by atoms with Gasteiger partial charge in [0.25, 0.3) is 5.56 Å². The normalized spacial score (nSPS) is 11.3. The van der Waals surface area contributed by atoms with Gasteiger partial charge in [0, 0.05) is 9.86 Å². The van der Waals surface area contributed by atoms with Crippen LogP contribution in [0.2, 0.25) is 0 Å². The first-order chi connectivity index (χ1) is 9.19. The van der Waals surface area contributed by atoms with E-state index in [1.807, 2.05) is 24.3 Å². The molecule has 1 aromatic carbocycles. The molecule has 0 radical (unpaired) electrons. The first kappa shape index (κ1) is 12.3. The number of nitrogens with one attached hydrogen (secondary N) is 2. The van der Waals surface area contributed by atoms with Gasteiger partial charge in [0.15, 0.2) is 5.65 Å². The smallest absolute Gasteiger partial charge is 0.260 e. The van der Waals surface area contributed by atoms with Crippen LogP contribution in [0.1, 0.15) is 5.82 Å². The van der Waals surface area contributed by atoms with Gasteiger partial charge >= 0.3 is 0 Å². The van der Waals surface area contributed by atoms with Crippen LogP contribution in [0.4, 0.5) is 0 Å². The van der Waals surface area contributed by atoms with E-state index in [1.54, 1.807) is 7.05 Å². The van der Waals surface area contributed by atoms with Crippen molar-refractivity contribution in [2.45, 2.75) is 6.54 Å². The Bertz CT molecular complexity index is 828. The fourth-order valence-electron chi connectivity index (χ4n) is 2.01. The third-order valence-corrected chi connectivity index (χ3v) is 3.50. The fraction of sp³-hybridized carbons (Fsp3) is 0.154. The van der Waals surface area contributed by atoms with Gasteiger partial charge in [-0.1, -0.05) is 12.1 Å². The van der Waals surface area contributed by atoms with Gasteiger partial charge < -0.3 is 10.3 Å². The highest BCUT2D eigenvalue weighted by molar-refractivity contribution is 9.10. The van der Waals surface area contributed by atoms with Crippen LogP contribution in [0.5, 0.6) is 0 Å². The lowest BCUT2D eigenvalue weighted by Gasteiger charge is -2.04. The summed E-state index contributed by atoms with van der Waals surface area (Å²) in [6.07, 6.45) is 0. The molecule has 0 fully saturated rings. The molecule has 3 aromatic rings. The maximum Gasteiger partial charge on any atom is 0.260 e. The molecule has 0 amide bonds. The lowest BCUT2D eigenvalue weighted by Crippen LogP contribution is -2.17. The molecule has 0 atom stereocenters. The molecule has 0 saturated carbocycles. The summed E-state index contributed by atoms with van der Waals surface area (Å²) in [7, 11) is 1.80. The summed E-state index contributed by atoms with van der Waals surface area (Å²) in [5.41, 5.74) is 1.11. The zero-order valence-corrected chi connectivity index (χ0v) is 11.8. The van der Waals surface area contributed by atoms with Gasteiger partial charge in [-0.15, -0.1) is 0 Å². The van der Waals surface area contributed by atoms with Gasteiger partial charge in [0.05, 0.1) is 17.4 Å². The van der Waals surface area contributed by atoms with Crippen molar-refractivity contribution in [1.29, 1.82) is 0 Å². The molecule has 0 aliphatic rings. The summed E-state index contributed by atoms with van der Waals surface area (Å²) in [4.78, 5) is 23.6. The average Bonchev–Trinajstić information content (AvgIpc) is 2.38. The summed E-state index contributed by atoms with van der Waals surface area (Å²) < 4.78 is 0.893. The summed E-state index contributed by atoms with van der Waals surface area (Å²) in [5, 5.41) is 4.37. The predicted molar refractivity (Wildman–Crippen MR) is 78.1 cm³/mol. The van der Waals surface area contributed by atoms with Gasteiger partial charge in [-0.3, -0.25) is 4.79 Å². The third kappa shape index (κ3) is 2.13. The van der Waals surface area contributed by atoms with E-state index >= 15 is 0 Å². The minimum atomic E-state index is -0.162. The van der Waals surface area contributed by atoms with E-state index in [-0.39, 0.29) is 5.56 Å². The van der Waals surface area contributed by atoms with Crippen LogP contribution in [0.15, 0.2) is 33.5 Å². The number of nitrogens with zero attached hydrogens (tertiary/aromatic N) is 2. The number of para-hydroxylation sites is 1. The fourth-order valence-corrected chi connectivity index (χ4v) is 2.48. The van der Waals surface area contributed by atoms with Crippen LogP contribution in [0, 0.1) is 0 Å². The molecule has 0 unspecified atom stereocenters. The van der Waals surface area contributed by atoms with Crippen molar-refractivity contribution in [2.24, 2.45) is 0 Å². The van der Waals surface area contributed by atoms with Crippen LogP contribution in [-0.4, -0.2) is 22.0 Å². The number of hydrogen-bond acceptors (Lipinski definition) is 4. The quantitative estimate of drug-likeness (QED) is 0.708. The molecule has 5 nitrogen and oxygen atoms in total. The van der Waals surface area contributed by atoms with Crippen molar-refractivity contribution in [3.63, 3.8) is 0 Å². The molecular weight excluding hydrogens is 308 g/mol. The van der Waals surface area contributed by atoms with Crippen molar-refractivity contribution in [3.8, 4) is 0 Å². The summed E-state index contributed by atoms with van der Waals surface area (Å²) in [6.45, 7) is 0.501. The van der Waals surface area contributed by atoms with Gasteiger partial charge in [-0.05, 0) is 35.1 Å². The Morgan fingerprint density at radius 3 is 3.00 bits per heavy atom. The highest BCUT2D eigenvalue weighted by atomic mass is 79.9. The van der Waals surface area contributed by atoms with Gasteiger partial charge in [-0.25, -0.2) is 9.97 Å². The Morgan fingerprint density at radius 1 is 1.37 bits per heavy atom. The number of pyridine rings is 1. The Balaban J connectivity index is 2.38. The molecule has 0 bridgehead atoms. The molecule has 2 N–H and O–H groups in total. The van der Waals surface area contributed by atoms with E-state index in [1.165, 1.54) is 0 Å². The lowest BCUT2D eigenvalue weighted by molar-refractivity contribution is 0.758. The first-order valence-electron chi connectivity index (χ1n) is 5.82. The Morgan fingerprint density at radius 2 is 2.21 bits per heavy atom. The van der Waals surface area contributed by atoms with Crippen LogP contribution in [-0.2, 0) is 6.54 Å². The van der Waals surface area contributed by atoms with Gasteiger partial charge in [0.2, 0.25) is 0 Å². The number of fused-ring (bicyclic) bond motifs is 2. The molecule has 0 aliphatic heterocycles. The second-order valence-electron chi connectivity index (χ2n) is 4.21. The summed E-state index contributed by atoms with van der Waals surface area (Å²) in [6, 6.07) is 7.57. The van der Waals surface area contributed by atoms with E-state index in [0.29, 0.717) is 23.4 Å². The largest absolute Gasteiger partial charge is 0.313 e. The van der Waals surface area contributed by atoms with E-state index in [0.717, 1.165) is 15.4 Å². The molecule has 6 heteroatoms. The van der Waals surface area contributed by atoms with Crippen LogP contribution >= 0.6 is 15.9 Å². The number of rotatable bonds is 2. The molecule has 0 aliphatic carbocycles. The maximum atomic E-state index is 12.0. The van der Waals surface area contributed by atoms with Crippen LogP contribution in [0.3, 0.4) is 0 Å². The van der Waals surface area contributed by atoms with Gasteiger partial charge in [-0.2, -0.15) is 0 Å². The van der Waals surface area contributed by atoms with Crippen molar-refractivity contribution in [2.75, 3.05) is 7.05 Å². The zero-order valence-electron chi connectivity index (χ0n) is 10.2. The molecule has 19 heavy (non-hydrogen) atoms. The SMILES string of the molecule is CNCc1nc2nc3c(Br)cccc3cc2c(=O)[nH]1. The van der Waals surface area contributed by atoms with E-state index in [2.05, 4.69) is 36.2 Å². The number of H-pyrrole nitrogens is 1. The monoisotopic (exact) mass is 318 g/mol. The van der Waals surface area contributed by atoms with Crippen molar-refractivity contribution >= 4 is 37.9 Å². The Labute approximate surface area is 117 Å². The molecule has 2 heterocycles. The van der Waals surface area contributed by atoms with Crippen LogP contribution < -0.4 is 10.9 Å². The second kappa shape index (κ2) is 4.71. The number of hydrogen-bond donors (Lipinski definition) is 2. The molecule has 3 rings (SSSR count). The predicted octanol–water partition coefficient (Wildman–Crippen LogP) is 1.95. The topological polar surface area (TPSA) is 70.7 Å². The summed E-state index contributed by atoms with van der Waals surface area (Å²) in [5.74, 6) is 0.582. The minimum absolute atomic E-state index is 0.162. The third-order valence-electron chi connectivity index (χ3n) is 2.86. The van der Waals surface area contributed by atoms with E-state index in [4.69, 9.17) is 0 Å². The Kier molecular flexibility index (Phi) is 3.04.